The van der Waals surface area contributed by atoms with Crippen molar-refractivity contribution in [1.82, 2.24) is 10.3 Å². The third-order valence-corrected chi connectivity index (χ3v) is 4.38. The van der Waals surface area contributed by atoms with Gasteiger partial charge in [0.2, 0.25) is 0 Å². The van der Waals surface area contributed by atoms with Crippen molar-refractivity contribution in [1.29, 1.82) is 0 Å². The number of pyridine rings is 1. The molecule has 0 amide bonds. The van der Waals surface area contributed by atoms with Crippen LogP contribution in [0.2, 0.25) is 0 Å². The third kappa shape index (κ3) is 4.59. The minimum Gasteiger partial charge on any atom is -0.312 e. The van der Waals surface area contributed by atoms with Crippen LogP contribution in [0.15, 0.2) is 18.5 Å². The lowest BCUT2D eigenvalue weighted by Crippen LogP contribution is -2.40. The quantitative estimate of drug-likeness (QED) is 0.824. The molecule has 0 saturated heterocycles. The van der Waals surface area contributed by atoms with Crippen LogP contribution >= 0.6 is 0 Å². The molecule has 2 heteroatoms. The van der Waals surface area contributed by atoms with Gasteiger partial charge in [0.15, 0.2) is 0 Å². The first-order chi connectivity index (χ1) is 9.46. The van der Waals surface area contributed by atoms with Gasteiger partial charge in [-0.15, -0.1) is 0 Å². The van der Waals surface area contributed by atoms with Crippen LogP contribution in [0.25, 0.3) is 0 Å². The van der Waals surface area contributed by atoms with Gasteiger partial charge in [-0.3, -0.25) is 4.98 Å². The van der Waals surface area contributed by atoms with Crippen LogP contribution in [0.5, 0.6) is 0 Å². The summed E-state index contributed by atoms with van der Waals surface area (Å²) in [6, 6.07) is 2.34. The molecule has 1 aromatic rings. The zero-order valence-electron chi connectivity index (χ0n) is 13.6. The van der Waals surface area contributed by atoms with Crippen LogP contribution in [0.1, 0.15) is 69.9 Å². The van der Waals surface area contributed by atoms with Crippen molar-refractivity contribution in [3.63, 3.8) is 0 Å². The molecule has 0 aromatic carbocycles. The first-order valence-electron chi connectivity index (χ1n) is 8.12. The van der Waals surface area contributed by atoms with Gasteiger partial charge in [0, 0.05) is 17.9 Å². The third-order valence-electron chi connectivity index (χ3n) is 4.38. The monoisotopic (exact) mass is 274 g/mol. The van der Waals surface area contributed by atoms with Crippen molar-refractivity contribution in [2.45, 2.75) is 71.3 Å². The van der Waals surface area contributed by atoms with Crippen molar-refractivity contribution in [2.24, 2.45) is 5.92 Å². The largest absolute Gasteiger partial charge is 0.312 e. The van der Waals surface area contributed by atoms with E-state index in [-0.39, 0.29) is 5.54 Å². The molecule has 1 aliphatic carbocycles. The standard InChI is InChI=1S/C18H30N2/c1-14-10-16(12-19-11-14)17-9-7-5-6-8-15(17)13-20-18(2,3)4/h10-12,15,17,20H,5-9,13H2,1-4H3. The van der Waals surface area contributed by atoms with Gasteiger partial charge in [-0.25, -0.2) is 0 Å². The predicted octanol–water partition coefficient (Wildman–Crippen LogP) is 4.44. The summed E-state index contributed by atoms with van der Waals surface area (Å²) in [4.78, 5) is 4.41. The molecule has 0 radical (unpaired) electrons. The first-order valence-corrected chi connectivity index (χ1v) is 8.12. The van der Waals surface area contributed by atoms with E-state index in [0.29, 0.717) is 5.92 Å². The summed E-state index contributed by atoms with van der Waals surface area (Å²) in [7, 11) is 0. The SMILES string of the molecule is Cc1cncc(C2CCCCCC2CNC(C)(C)C)c1. The van der Waals surface area contributed by atoms with Gasteiger partial charge < -0.3 is 5.32 Å². The average Bonchev–Trinajstić information content (AvgIpc) is 2.60. The number of nitrogens with one attached hydrogen (secondary N) is 1. The van der Waals surface area contributed by atoms with Crippen molar-refractivity contribution < 1.29 is 0 Å². The van der Waals surface area contributed by atoms with Crippen molar-refractivity contribution in [2.75, 3.05) is 6.54 Å². The Bertz CT molecular complexity index is 420. The van der Waals surface area contributed by atoms with E-state index >= 15 is 0 Å². The van der Waals surface area contributed by atoms with E-state index in [1.807, 2.05) is 6.20 Å². The fourth-order valence-electron chi connectivity index (χ4n) is 3.29. The van der Waals surface area contributed by atoms with Crippen LogP contribution in [-0.4, -0.2) is 17.1 Å². The predicted molar refractivity (Wildman–Crippen MR) is 86.0 cm³/mol. The highest BCUT2D eigenvalue weighted by Gasteiger charge is 2.26. The fourth-order valence-corrected chi connectivity index (χ4v) is 3.29. The molecule has 0 aliphatic heterocycles. The summed E-state index contributed by atoms with van der Waals surface area (Å²) in [6.45, 7) is 10.0. The van der Waals surface area contributed by atoms with Gasteiger partial charge in [-0.2, -0.15) is 0 Å². The second-order valence-corrected chi connectivity index (χ2v) is 7.43. The molecule has 1 saturated carbocycles. The summed E-state index contributed by atoms with van der Waals surface area (Å²) in [5.41, 5.74) is 2.95. The van der Waals surface area contributed by atoms with Gasteiger partial charge in [-0.05, 0) is 70.0 Å². The lowest BCUT2D eigenvalue weighted by molar-refractivity contribution is 0.322. The Balaban J connectivity index is 2.12. The van der Waals surface area contributed by atoms with Crippen molar-refractivity contribution >= 4 is 0 Å². The lowest BCUT2D eigenvalue weighted by Gasteiger charge is -2.30. The highest BCUT2D eigenvalue weighted by atomic mass is 14.9. The molecule has 0 spiro atoms. The highest BCUT2D eigenvalue weighted by Crippen LogP contribution is 2.36. The molecule has 2 atom stereocenters. The molecule has 20 heavy (non-hydrogen) atoms. The maximum absolute atomic E-state index is 4.41. The number of aryl methyl sites for hydroxylation is 1. The zero-order chi connectivity index (χ0) is 14.6. The Hall–Kier alpha value is -0.890. The van der Waals surface area contributed by atoms with Gasteiger partial charge >= 0.3 is 0 Å². The van der Waals surface area contributed by atoms with Crippen LogP contribution in [0, 0.1) is 12.8 Å². The van der Waals surface area contributed by atoms with Gasteiger partial charge in [-0.1, -0.05) is 25.3 Å². The minimum atomic E-state index is 0.210. The van der Waals surface area contributed by atoms with E-state index in [4.69, 9.17) is 0 Å². The molecule has 1 aromatic heterocycles. The van der Waals surface area contributed by atoms with E-state index < -0.39 is 0 Å². The van der Waals surface area contributed by atoms with Crippen LogP contribution < -0.4 is 5.32 Å². The maximum atomic E-state index is 4.41. The van der Waals surface area contributed by atoms with Gasteiger partial charge in [0.25, 0.3) is 0 Å². The second kappa shape index (κ2) is 6.71. The number of hydrogen-bond acceptors (Lipinski definition) is 2. The molecule has 1 aliphatic rings. The number of aromatic nitrogens is 1. The Labute approximate surface area is 124 Å². The van der Waals surface area contributed by atoms with Crippen LogP contribution in [-0.2, 0) is 0 Å². The molecule has 112 valence electrons. The highest BCUT2D eigenvalue weighted by molar-refractivity contribution is 5.21. The molecule has 1 N–H and O–H groups in total. The van der Waals surface area contributed by atoms with E-state index in [1.165, 1.54) is 43.2 Å². The molecule has 1 fully saturated rings. The molecular formula is C18H30N2. The number of nitrogens with zero attached hydrogens (tertiary/aromatic N) is 1. The molecule has 0 bridgehead atoms. The molecule has 2 nitrogen and oxygen atoms in total. The van der Waals surface area contributed by atoms with E-state index in [9.17, 15) is 0 Å². The Morgan fingerprint density at radius 2 is 1.90 bits per heavy atom. The normalized spacial score (nSPS) is 24.4. The Kier molecular flexibility index (Phi) is 5.20. The summed E-state index contributed by atoms with van der Waals surface area (Å²) < 4.78 is 0. The zero-order valence-corrected chi connectivity index (χ0v) is 13.6. The van der Waals surface area contributed by atoms with Crippen LogP contribution in [0.4, 0.5) is 0 Å². The van der Waals surface area contributed by atoms with Gasteiger partial charge in [0.05, 0.1) is 0 Å². The Morgan fingerprint density at radius 1 is 1.15 bits per heavy atom. The van der Waals surface area contributed by atoms with Gasteiger partial charge in [0.1, 0.15) is 0 Å². The average molecular weight is 274 g/mol. The van der Waals surface area contributed by atoms with Crippen molar-refractivity contribution in [3.05, 3.63) is 29.6 Å². The molecular weight excluding hydrogens is 244 g/mol. The first kappa shape index (κ1) is 15.5. The number of rotatable bonds is 3. The topological polar surface area (TPSA) is 24.9 Å². The second-order valence-electron chi connectivity index (χ2n) is 7.43. The minimum absolute atomic E-state index is 0.210. The molecule has 2 rings (SSSR count). The van der Waals surface area contributed by atoms with Crippen molar-refractivity contribution in [3.8, 4) is 0 Å². The summed E-state index contributed by atoms with van der Waals surface area (Å²) in [6.07, 6.45) is 10.9. The summed E-state index contributed by atoms with van der Waals surface area (Å²) in [5, 5.41) is 3.71. The van der Waals surface area contributed by atoms with E-state index in [0.717, 1.165) is 12.5 Å². The molecule has 1 heterocycles. The fraction of sp³-hybridized carbons (Fsp3) is 0.722. The Morgan fingerprint density at radius 3 is 2.60 bits per heavy atom. The molecule has 2 unspecified atom stereocenters. The summed E-state index contributed by atoms with van der Waals surface area (Å²) in [5.74, 6) is 1.43. The smallest absolute Gasteiger partial charge is 0.0303 e. The maximum Gasteiger partial charge on any atom is 0.0303 e. The van der Waals surface area contributed by atoms with E-state index in [2.05, 4.69) is 50.3 Å². The van der Waals surface area contributed by atoms with E-state index in [1.54, 1.807) is 0 Å². The number of hydrogen-bond donors (Lipinski definition) is 1. The lowest BCUT2D eigenvalue weighted by atomic mass is 9.82. The summed E-state index contributed by atoms with van der Waals surface area (Å²) >= 11 is 0. The van der Waals surface area contributed by atoms with Crippen LogP contribution in [0.3, 0.4) is 0 Å².